The van der Waals surface area contributed by atoms with Gasteiger partial charge < -0.3 is 15.2 Å². The molecule has 0 aliphatic rings. The minimum atomic E-state index is -0.428. The average Bonchev–Trinajstić information content (AvgIpc) is 3.02. The van der Waals surface area contributed by atoms with Crippen LogP contribution in [-0.4, -0.2) is 51.7 Å². The van der Waals surface area contributed by atoms with Crippen molar-refractivity contribution in [2.24, 2.45) is 0 Å². The number of hydrogen-bond donors (Lipinski definition) is 2. The summed E-state index contributed by atoms with van der Waals surface area (Å²) >= 11 is 0. The summed E-state index contributed by atoms with van der Waals surface area (Å²) in [5, 5.41) is 24.1. The van der Waals surface area contributed by atoms with E-state index in [0.717, 1.165) is 17.8 Å². The van der Waals surface area contributed by atoms with E-state index < -0.39 is 6.10 Å². The maximum atomic E-state index is 9.61. The third-order valence-electron chi connectivity index (χ3n) is 3.27. The average molecular weight is 291 g/mol. The Morgan fingerprint density at radius 2 is 2.29 bits per heavy atom. The molecule has 0 aliphatic heterocycles. The Morgan fingerprint density at radius 1 is 1.43 bits per heavy atom. The molecule has 0 spiro atoms. The quantitative estimate of drug-likeness (QED) is 0.745. The first-order valence-corrected chi connectivity index (χ1v) is 6.94. The van der Waals surface area contributed by atoms with Gasteiger partial charge in [0.15, 0.2) is 0 Å². The lowest BCUT2D eigenvalue weighted by molar-refractivity contribution is 0.0590. The van der Waals surface area contributed by atoms with Gasteiger partial charge in [-0.1, -0.05) is 12.1 Å². The lowest BCUT2D eigenvalue weighted by atomic mass is 10.1. The molecule has 0 amide bonds. The van der Waals surface area contributed by atoms with Gasteiger partial charge in [0.1, 0.15) is 6.33 Å². The first kappa shape index (κ1) is 15.6. The first-order chi connectivity index (χ1) is 10.2. The van der Waals surface area contributed by atoms with Crippen LogP contribution in [0.1, 0.15) is 24.9 Å². The van der Waals surface area contributed by atoms with Crippen LogP contribution < -0.4 is 5.32 Å². The van der Waals surface area contributed by atoms with Crippen molar-refractivity contribution >= 4 is 0 Å². The molecule has 0 radical (unpaired) electrons. The van der Waals surface area contributed by atoms with E-state index in [1.54, 1.807) is 18.1 Å². The van der Waals surface area contributed by atoms with Crippen molar-refractivity contribution in [3.63, 3.8) is 0 Å². The second-order valence-corrected chi connectivity index (χ2v) is 4.92. The molecule has 7 heteroatoms. The lowest BCUT2D eigenvalue weighted by Gasteiger charge is -2.16. The topological polar surface area (TPSA) is 85.1 Å². The van der Waals surface area contributed by atoms with Gasteiger partial charge >= 0.3 is 0 Å². The van der Waals surface area contributed by atoms with Crippen LogP contribution in [0.25, 0.3) is 5.69 Å². The molecule has 2 N–H and O–H groups in total. The summed E-state index contributed by atoms with van der Waals surface area (Å²) in [6.45, 7) is 3.17. The first-order valence-electron chi connectivity index (χ1n) is 6.94. The van der Waals surface area contributed by atoms with Crippen LogP contribution in [0.5, 0.6) is 0 Å². The maximum absolute atomic E-state index is 9.61. The van der Waals surface area contributed by atoms with Crippen molar-refractivity contribution in [1.82, 2.24) is 25.5 Å². The number of nitrogens with one attached hydrogen (secondary N) is 1. The van der Waals surface area contributed by atoms with E-state index in [1.807, 2.05) is 18.2 Å². The number of aromatic nitrogens is 4. The standard InChI is InChI=1S/C14H21N5O2/c1-11(15-7-6-14(20)9-21-2)12-4-3-5-13(8-12)19-10-16-17-18-19/h3-5,8,10-11,14-15,20H,6-7,9H2,1-2H3. The predicted molar refractivity (Wildman–Crippen MR) is 78.1 cm³/mol. The summed E-state index contributed by atoms with van der Waals surface area (Å²) < 4.78 is 6.53. The van der Waals surface area contributed by atoms with Gasteiger partial charge in [0.2, 0.25) is 0 Å². The largest absolute Gasteiger partial charge is 0.391 e. The molecule has 0 saturated heterocycles. The van der Waals surface area contributed by atoms with E-state index in [2.05, 4.69) is 33.8 Å². The molecular weight excluding hydrogens is 270 g/mol. The number of hydrogen-bond acceptors (Lipinski definition) is 6. The zero-order chi connectivity index (χ0) is 15.1. The van der Waals surface area contributed by atoms with E-state index in [1.165, 1.54) is 0 Å². The van der Waals surface area contributed by atoms with Gasteiger partial charge in [0.05, 0.1) is 18.4 Å². The minimum Gasteiger partial charge on any atom is -0.391 e. The Balaban J connectivity index is 1.90. The lowest BCUT2D eigenvalue weighted by Crippen LogP contribution is -2.25. The summed E-state index contributed by atoms with van der Waals surface area (Å²) in [5.74, 6) is 0. The number of methoxy groups -OCH3 is 1. The third kappa shape index (κ3) is 4.59. The Labute approximate surface area is 123 Å². The van der Waals surface area contributed by atoms with Crippen molar-refractivity contribution in [3.8, 4) is 5.69 Å². The number of rotatable bonds is 8. The SMILES string of the molecule is COCC(O)CCNC(C)c1cccc(-n2cnnn2)c1. The number of aliphatic hydroxyl groups is 1. The molecule has 1 aromatic carbocycles. The van der Waals surface area contributed by atoms with E-state index in [-0.39, 0.29) is 6.04 Å². The summed E-state index contributed by atoms with van der Waals surface area (Å²) in [6, 6.07) is 8.20. The number of ether oxygens (including phenoxy) is 1. The van der Waals surface area contributed by atoms with Gasteiger partial charge in [0.25, 0.3) is 0 Å². The van der Waals surface area contributed by atoms with Crippen molar-refractivity contribution in [2.75, 3.05) is 20.3 Å². The highest BCUT2D eigenvalue weighted by molar-refractivity contribution is 5.35. The van der Waals surface area contributed by atoms with Crippen LogP contribution in [0, 0.1) is 0 Å². The van der Waals surface area contributed by atoms with E-state index in [9.17, 15) is 5.11 Å². The normalized spacial score (nSPS) is 14.0. The molecule has 1 heterocycles. The molecule has 1 aromatic heterocycles. The van der Waals surface area contributed by atoms with E-state index in [4.69, 9.17) is 4.74 Å². The number of aliphatic hydroxyl groups excluding tert-OH is 1. The van der Waals surface area contributed by atoms with Crippen molar-refractivity contribution in [1.29, 1.82) is 0 Å². The van der Waals surface area contributed by atoms with E-state index >= 15 is 0 Å². The fraction of sp³-hybridized carbons (Fsp3) is 0.500. The second-order valence-electron chi connectivity index (χ2n) is 4.92. The number of nitrogens with zero attached hydrogens (tertiary/aromatic N) is 4. The highest BCUT2D eigenvalue weighted by Crippen LogP contribution is 2.16. The summed E-state index contributed by atoms with van der Waals surface area (Å²) in [6.07, 6.45) is 1.80. The smallest absolute Gasteiger partial charge is 0.143 e. The van der Waals surface area contributed by atoms with Crippen LogP contribution in [0.3, 0.4) is 0 Å². The van der Waals surface area contributed by atoms with Gasteiger partial charge in [-0.15, -0.1) is 5.10 Å². The minimum absolute atomic E-state index is 0.177. The number of benzene rings is 1. The molecule has 0 fully saturated rings. The van der Waals surface area contributed by atoms with Gasteiger partial charge in [-0.25, -0.2) is 4.68 Å². The molecule has 0 aliphatic carbocycles. The number of tetrazole rings is 1. The van der Waals surface area contributed by atoms with Crippen LogP contribution in [-0.2, 0) is 4.74 Å². The third-order valence-corrected chi connectivity index (χ3v) is 3.27. The molecular formula is C14H21N5O2. The van der Waals surface area contributed by atoms with Crippen LogP contribution in [0.15, 0.2) is 30.6 Å². The summed E-state index contributed by atoms with van der Waals surface area (Å²) in [7, 11) is 1.59. The highest BCUT2D eigenvalue weighted by atomic mass is 16.5. The van der Waals surface area contributed by atoms with Crippen LogP contribution >= 0.6 is 0 Å². The molecule has 0 bridgehead atoms. The van der Waals surface area contributed by atoms with Crippen molar-refractivity contribution < 1.29 is 9.84 Å². The molecule has 2 unspecified atom stereocenters. The van der Waals surface area contributed by atoms with Crippen molar-refractivity contribution in [2.45, 2.75) is 25.5 Å². The van der Waals surface area contributed by atoms with Crippen LogP contribution in [0.4, 0.5) is 0 Å². The maximum Gasteiger partial charge on any atom is 0.143 e. The second kappa shape index (κ2) is 7.82. The molecule has 21 heavy (non-hydrogen) atoms. The van der Waals surface area contributed by atoms with Gasteiger partial charge in [0, 0.05) is 13.2 Å². The Hall–Kier alpha value is -1.83. The van der Waals surface area contributed by atoms with Gasteiger partial charge in [-0.2, -0.15) is 0 Å². The summed E-state index contributed by atoms with van der Waals surface area (Å²) in [5.41, 5.74) is 2.06. The fourth-order valence-electron chi connectivity index (χ4n) is 2.08. The molecule has 7 nitrogen and oxygen atoms in total. The zero-order valence-corrected chi connectivity index (χ0v) is 12.3. The fourth-order valence-corrected chi connectivity index (χ4v) is 2.08. The molecule has 2 aromatic rings. The zero-order valence-electron chi connectivity index (χ0n) is 12.3. The predicted octanol–water partition coefficient (Wildman–Crippen LogP) is 0.710. The molecule has 0 saturated carbocycles. The van der Waals surface area contributed by atoms with Gasteiger partial charge in [-0.05, 0) is 48.0 Å². The monoisotopic (exact) mass is 291 g/mol. The van der Waals surface area contributed by atoms with E-state index in [0.29, 0.717) is 13.0 Å². The Morgan fingerprint density at radius 3 is 3.00 bits per heavy atom. The molecule has 2 atom stereocenters. The Kier molecular flexibility index (Phi) is 5.79. The van der Waals surface area contributed by atoms with Crippen LogP contribution in [0.2, 0.25) is 0 Å². The van der Waals surface area contributed by atoms with Gasteiger partial charge in [-0.3, -0.25) is 0 Å². The molecule has 114 valence electrons. The highest BCUT2D eigenvalue weighted by Gasteiger charge is 2.08. The van der Waals surface area contributed by atoms with Crippen molar-refractivity contribution in [3.05, 3.63) is 36.2 Å². The summed E-state index contributed by atoms with van der Waals surface area (Å²) in [4.78, 5) is 0. The Bertz CT molecular complexity index is 532. The molecule has 2 rings (SSSR count).